The molecule has 0 aromatic rings. The maximum Gasteiger partial charge on any atom is 0.429 e. The molecule has 17 heavy (non-hydrogen) atoms. The first-order chi connectivity index (χ1) is 8.04. The first-order valence-corrected chi connectivity index (χ1v) is 5.55. The van der Waals surface area contributed by atoms with Crippen LogP contribution in [0.5, 0.6) is 0 Å². The van der Waals surface area contributed by atoms with E-state index < -0.39 is 11.9 Å². The molecule has 0 heterocycles. The maximum absolute atomic E-state index is 12.5. The van der Waals surface area contributed by atoms with Gasteiger partial charge in [-0.1, -0.05) is 36.0 Å². The van der Waals surface area contributed by atoms with Crippen molar-refractivity contribution >= 4 is 5.71 Å². The predicted octanol–water partition coefficient (Wildman–Crippen LogP) is 4.23. The van der Waals surface area contributed by atoms with E-state index in [1.165, 1.54) is 7.05 Å². The zero-order valence-electron chi connectivity index (χ0n) is 9.80. The van der Waals surface area contributed by atoms with Crippen LogP contribution in [-0.4, -0.2) is 18.9 Å². The van der Waals surface area contributed by atoms with Crippen LogP contribution in [0.3, 0.4) is 0 Å². The largest absolute Gasteiger partial charge is 0.429 e. The lowest BCUT2D eigenvalue weighted by atomic mass is 10.0. The van der Waals surface area contributed by atoms with E-state index in [0.717, 1.165) is 12.0 Å². The Hall–Kier alpha value is -1.32. The standard InChI is InChI=1S/C13H16F3N/c1-17-12(13(14,15)16)10-11-8-6-4-2-3-5-7-9-11/h2,4-5,7-8H,3,6,9-10H2,1H3/b4-2?,7-5-,11-8+,17-12?. The van der Waals surface area contributed by atoms with Crippen LogP contribution in [0.15, 0.2) is 40.9 Å². The van der Waals surface area contributed by atoms with Crippen molar-refractivity contribution in [1.82, 2.24) is 0 Å². The Morgan fingerprint density at radius 2 is 1.82 bits per heavy atom. The van der Waals surface area contributed by atoms with Crippen LogP contribution in [0.1, 0.15) is 25.7 Å². The van der Waals surface area contributed by atoms with E-state index >= 15 is 0 Å². The van der Waals surface area contributed by atoms with Gasteiger partial charge in [-0.05, 0) is 19.3 Å². The van der Waals surface area contributed by atoms with Gasteiger partial charge < -0.3 is 0 Å². The summed E-state index contributed by atoms with van der Waals surface area (Å²) >= 11 is 0. The molecule has 0 aliphatic heterocycles. The van der Waals surface area contributed by atoms with Crippen molar-refractivity contribution < 1.29 is 13.2 Å². The van der Waals surface area contributed by atoms with Crippen LogP contribution >= 0.6 is 0 Å². The van der Waals surface area contributed by atoms with Crippen molar-refractivity contribution in [3.63, 3.8) is 0 Å². The Labute approximate surface area is 99.4 Å². The highest BCUT2D eigenvalue weighted by Gasteiger charge is 2.34. The van der Waals surface area contributed by atoms with Crippen molar-refractivity contribution in [1.29, 1.82) is 0 Å². The number of hydrogen-bond donors (Lipinski definition) is 0. The highest BCUT2D eigenvalue weighted by molar-refractivity contribution is 5.91. The molecule has 0 aromatic heterocycles. The monoisotopic (exact) mass is 243 g/mol. The smallest absolute Gasteiger partial charge is 0.288 e. The van der Waals surface area contributed by atoms with Crippen molar-refractivity contribution in [3.05, 3.63) is 36.0 Å². The number of halogens is 3. The molecule has 0 amide bonds. The number of nitrogens with zero attached hydrogens (tertiary/aromatic N) is 1. The van der Waals surface area contributed by atoms with Gasteiger partial charge in [0, 0.05) is 13.5 Å². The summed E-state index contributed by atoms with van der Waals surface area (Å²) in [6.45, 7) is 0. The van der Waals surface area contributed by atoms with Gasteiger partial charge in [0.05, 0.1) is 0 Å². The summed E-state index contributed by atoms with van der Waals surface area (Å²) in [5.74, 6) is 0. The Bertz CT molecular complexity index is 359. The molecular formula is C13H16F3N. The zero-order valence-corrected chi connectivity index (χ0v) is 9.80. The number of alkyl halides is 3. The number of hydrogen-bond acceptors (Lipinski definition) is 1. The minimum atomic E-state index is -4.33. The van der Waals surface area contributed by atoms with Crippen molar-refractivity contribution in [3.8, 4) is 0 Å². The maximum atomic E-state index is 12.5. The van der Waals surface area contributed by atoms with E-state index in [1.807, 2.05) is 30.4 Å². The van der Waals surface area contributed by atoms with Crippen molar-refractivity contribution in [2.24, 2.45) is 4.99 Å². The van der Waals surface area contributed by atoms with Crippen LogP contribution < -0.4 is 0 Å². The fourth-order valence-electron chi connectivity index (χ4n) is 1.59. The highest BCUT2D eigenvalue weighted by Crippen LogP contribution is 2.24. The second-order valence-corrected chi connectivity index (χ2v) is 3.83. The van der Waals surface area contributed by atoms with Gasteiger partial charge >= 0.3 is 6.18 Å². The highest BCUT2D eigenvalue weighted by atomic mass is 19.4. The molecule has 0 bridgehead atoms. The Balaban J connectivity index is 2.74. The summed E-state index contributed by atoms with van der Waals surface area (Å²) in [6.07, 6.45) is 7.35. The normalized spacial score (nSPS) is 23.3. The molecule has 0 N–H and O–H groups in total. The molecule has 1 nitrogen and oxygen atoms in total. The molecule has 0 saturated heterocycles. The molecule has 0 unspecified atom stereocenters. The number of aliphatic imine (C=N–C) groups is 1. The molecule has 4 heteroatoms. The van der Waals surface area contributed by atoms with Crippen LogP contribution in [0, 0.1) is 0 Å². The molecule has 1 rings (SSSR count). The predicted molar refractivity (Wildman–Crippen MR) is 64.2 cm³/mol. The third-order valence-electron chi connectivity index (χ3n) is 2.52. The quantitative estimate of drug-likeness (QED) is 0.508. The summed E-state index contributed by atoms with van der Waals surface area (Å²) in [4.78, 5) is 3.34. The SMILES string of the molecule is CN=C(C/C1=C/CC=CC/C=C\C1)C(F)(F)F. The summed E-state index contributed by atoms with van der Waals surface area (Å²) in [6, 6.07) is 0. The molecular weight excluding hydrogens is 227 g/mol. The van der Waals surface area contributed by atoms with Gasteiger partial charge in [0.15, 0.2) is 0 Å². The second kappa shape index (κ2) is 6.42. The number of rotatable bonds is 2. The molecule has 0 radical (unpaired) electrons. The lowest BCUT2D eigenvalue weighted by molar-refractivity contribution is -0.0601. The van der Waals surface area contributed by atoms with E-state index in [0.29, 0.717) is 12.8 Å². The summed E-state index contributed by atoms with van der Waals surface area (Å²) < 4.78 is 37.6. The Morgan fingerprint density at radius 3 is 2.47 bits per heavy atom. The second-order valence-electron chi connectivity index (χ2n) is 3.83. The van der Waals surface area contributed by atoms with Gasteiger partial charge in [-0.3, -0.25) is 4.99 Å². The lowest BCUT2D eigenvalue weighted by Gasteiger charge is -2.11. The lowest BCUT2D eigenvalue weighted by Crippen LogP contribution is -2.23. The molecule has 0 aromatic carbocycles. The number of allylic oxidation sites excluding steroid dienone is 6. The average Bonchev–Trinajstić information content (AvgIpc) is 2.37. The third kappa shape index (κ3) is 5.02. The molecule has 1 aliphatic rings. The van der Waals surface area contributed by atoms with E-state index in [1.54, 1.807) is 0 Å². The fraction of sp³-hybridized carbons (Fsp3) is 0.462. The van der Waals surface area contributed by atoms with E-state index in [2.05, 4.69) is 4.99 Å². The van der Waals surface area contributed by atoms with E-state index in [-0.39, 0.29) is 6.42 Å². The molecule has 0 spiro atoms. The van der Waals surface area contributed by atoms with Gasteiger partial charge in [-0.15, -0.1) is 0 Å². The summed E-state index contributed by atoms with van der Waals surface area (Å²) in [5, 5.41) is 0. The molecule has 0 atom stereocenters. The first-order valence-electron chi connectivity index (χ1n) is 5.55. The van der Waals surface area contributed by atoms with Crippen LogP contribution in [0.4, 0.5) is 13.2 Å². The summed E-state index contributed by atoms with van der Waals surface area (Å²) in [5.41, 5.74) is 0.0612. The third-order valence-corrected chi connectivity index (χ3v) is 2.52. The van der Waals surface area contributed by atoms with Gasteiger partial charge in [0.1, 0.15) is 5.71 Å². The topological polar surface area (TPSA) is 12.4 Å². The minimum absolute atomic E-state index is 0.113. The average molecular weight is 243 g/mol. The summed E-state index contributed by atoms with van der Waals surface area (Å²) in [7, 11) is 1.19. The zero-order chi connectivity index (χ0) is 12.7. The van der Waals surface area contributed by atoms with E-state index in [4.69, 9.17) is 0 Å². The Kier molecular flexibility index (Phi) is 5.19. The van der Waals surface area contributed by atoms with Gasteiger partial charge in [0.25, 0.3) is 0 Å². The first kappa shape index (κ1) is 13.7. The molecule has 0 fully saturated rings. The van der Waals surface area contributed by atoms with E-state index in [9.17, 15) is 13.2 Å². The minimum Gasteiger partial charge on any atom is -0.288 e. The fourth-order valence-corrected chi connectivity index (χ4v) is 1.59. The molecule has 1 aliphatic carbocycles. The van der Waals surface area contributed by atoms with Crippen molar-refractivity contribution in [2.75, 3.05) is 7.05 Å². The molecule has 0 saturated carbocycles. The van der Waals surface area contributed by atoms with Crippen LogP contribution in [-0.2, 0) is 0 Å². The Morgan fingerprint density at radius 1 is 1.18 bits per heavy atom. The van der Waals surface area contributed by atoms with Crippen LogP contribution in [0.2, 0.25) is 0 Å². The van der Waals surface area contributed by atoms with Gasteiger partial charge in [-0.2, -0.15) is 13.2 Å². The van der Waals surface area contributed by atoms with Crippen molar-refractivity contribution in [2.45, 2.75) is 31.9 Å². The van der Waals surface area contributed by atoms with Crippen LogP contribution in [0.25, 0.3) is 0 Å². The molecule has 94 valence electrons. The van der Waals surface area contributed by atoms with Gasteiger partial charge in [0.2, 0.25) is 0 Å². The van der Waals surface area contributed by atoms with Gasteiger partial charge in [-0.25, -0.2) is 0 Å².